The van der Waals surface area contributed by atoms with Crippen LogP contribution in [-0.4, -0.2) is 17.3 Å². The first-order valence-corrected chi connectivity index (χ1v) is 7.74. The molecule has 1 fully saturated rings. The molecule has 2 aliphatic carbocycles. The molecule has 2 heteroatoms. The van der Waals surface area contributed by atoms with Gasteiger partial charge >= 0.3 is 0 Å². The third-order valence-electron chi connectivity index (χ3n) is 4.89. The van der Waals surface area contributed by atoms with Crippen LogP contribution in [-0.2, 0) is 12.8 Å². The van der Waals surface area contributed by atoms with Gasteiger partial charge in [-0.25, -0.2) is 0 Å². The predicted molar refractivity (Wildman–Crippen MR) is 78.3 cm³/mol. The Hall–Kier alpha value is -0.860. The van der Waals surface area contributed by atoms with E-state index in [9.17, 15) is 5.11 Å². The molecule has 2 nitrogen and oxygen atoms in total. The minimum Gasteiger partial charge on any atom is -0.389 e. The highest BCUT2D eigenvalue weighted by molar-refractivity contribution is 5.36. The molecule has 2 aliphatic rings. The van der Waals surface area contributed by atoms with Crippen LogP contribution in [0.1, 0.15) is 61.8 Å². The van der Waals surface area contributed by atoms with Gasteiger partial charge in [-0.05, 0) is 55.7 Å². The maximum atomic E-state index is 10.4. The summed E-state index contributed by atoms with van der Waals surface area (Å²) in [6.45, 7) is 2.93. The summed E-state index contributed by atoms with van der Waals surface area (Å²) < 4.78 is 0. The molecular weight excluding hydrogens is 234 g/mol. The summed E-state index contributed by atoms with van der Waals surface area (Å²) in [5.41, 5.74) is 3.98. The van der Waals surface area contributed by atoms with Gasteiger partial charge in [-0.15, -0.1) is 0 Å². The minimum absolute atomic E-state index is 0.329. The maximum absolute atomic E-state index is 10.4. The lowest BCUT2D eigenvalue weighted by molar-refractivity contribution is 0.0453. The lowest BCUT2D eigenvalue weighted by Crippen LogP contribution is -2.39. The van der Waals surface area contributed by atoms with E-state index >= 15 is 0 Å². The van der Waals surface area contributed by atoms with Crippen LogP contribution in [0.15, 0.2) is 18.2 Å². The Morgan fingerprint density at radius 1 is 1.16 bits per heavy atom. The summed E-state index contributed by atoms with van der Waals surface area (Å²) in [5, 5.41) is 13.9. The van der Waals surface area contributed by atoms with Crippen molar-refractivity contribution in [2.75, 3.05) is 6.54 Å². The van der Waals surface area contributed by atoms with E-state index in [2.05, 4.69) is 30.4 Å². The molecule has 0 amide bonds. The first-order chi connectivity index (χ1) is 9.16. The van der Waals surface area contributed by atoms with Crippen molar-refractivity contribution in [2.45, 2.75) is 63.5 Å². The van der Waals surface area contributed by atoms with Gasteiger partial charge in [0.25, 0.3) is 0 Å². The summed E-state index contributed by atoms with van der Waals surface area (Å²) in [6, 6.07) is 7.23. The van der Waals surface area contributed by atoms with Crippen molar-refractivity contribution in [3.8, 4) is 0 Å². The van der Waals surface area contributed by atoms with Crippen molar-refractivity contribution < 1.29 is 5.11 Å². The number of fused-ring (bicyclic) bond motifs is 1. The molecule has 2 N–H and O–H groups in total. The lowest BCUT2D eigenvalue weighted by Gasteiger charge is -2.25. The highest BCUT2D eigenvalue weighted by Crippen LogP contribution is 2.30. The number of nitrogens with one attached hydrogen (secondary N) is 1. The monoisotopic (exact) mass is 259 g/mol. The first-order valence-electron chi connectivity index (χ1n) is 7.74. The molecule has 0 aliphatic heterocycles. The van der Waals surface area contributed by atoms with Gasteiger partial charge in [0, 0.05) is 12.6 Å². The fourth-order valence-electron chi connectivity index (χ4n) is 3.53. The van der Waals surface area contributed by atoms with Crippen molar-refractivity contribution in [2.24, 2.45) is 0 Å². The molecule has 0 aromatic heterocycles. The Morgan fingerprint density at radius 3 is 2.68 bits per heavy atom. The third-order valence-corrected chi connectivity index (χ3v) is 4.89. The predicted octanol–water partition coefficient (Wildman–Crippen LogP) is 3.13. The Balaban J connectivity index is 1.62. The van der Waals surface area contributed by atoms with Crippen LogP contribution in [0.3, 0.4) is 0 Å². The average Bonchev–Trinajstić information content (AvgIpc) is 3.04. The van der Waals surface area contributed by atoms with Crippen LogP contribution in [0, 0.1) is 0 Å². The van der Waals surface area contributed by atoms with Gasteiger partial charge < -0.3 is 10.4 Å². The summed E-state index contributed by atoms with van der Waals surface area (Å²) in [5.74, 6) is 0. The normalized spacial score (nSPS) is 22.4. The molecule has 1 aromatic carbocycles. The Bertz CT molecular complexity index is 449. The fraction of sp³-hybridized carbons (Fsp3) is 0.647. The van der Waals surface area contributed by atoms with Crippen LogP contribution in [0.5, 0.6) is 0 Å². The molecule has 0 saturated heterocycles. The first kappa shape index (κ1) is 13.1. The third kappa shape index (κ3) is 2.85. The number of aliphatic hydroxyl groups is 1. The van der Waals surface area contributed by atoms with Crippen molar-refractivity contribution >= 4 is 0 Å². The van der Waals surface area contributed by atoms with Gasteiger partial charge in [-0.2, -0.15) is 0 Å². The van der Waals surface area contributed by atoms with E-state index in [4.69, 9.17) is 0 Å². The second kappa shape index (κ2) is 5.26. The molecule has 3 rings (SSSR count). The SMILES string of the molecule is CC(NCC1(O)CCCC1)c1ccc2c(c1)CCC2. The Kier molecular flexibility index (Phi) is 3.64. The summed E-state index contributed by atoms with van der Waals surface area (Å²) in [6.07, 6.45) is 8.04. The number of hydrogen-bond acceptors (Lipinski definition) is 2. The fourth-order valence-corrected chi connectivity index (χ4v) is 3.53. The number of aryl methyl sites for hydroxylation is 2. The molecule has 1 saturated carbocycles. The van der Waals surface area contributed by atoms with Gasteiger partial charge in [0.1, 0.15) is 0 Å². The molecule has 0 spiro atoms. The van der Waals surface area contributed by atoms with Crippen LogP contribution in [0.2, 0.25) is 0 Å². The zero-order valence-corrected chi connectivity index (χ0v) is 11.9. The quantitative estimate of drug-likeness (QED) is 0.870. The molecule has 0 heterocycles. The van der Waals surface area contributed by atoms with Gasteiger partial charge in [0.2, 0.25) is 0 Å². The van der Waals surface area contributed by atoms with Gasteiger partial charge in [-0.1, -0.05) is 31.0 Å². The van der Waals surface area contributed by atoms with E-state index in [1.54, 1.807) is 0 Å². The molecule has 0 bridgehead atoms. The zero-order chi connectivity index (χ0) is 13.3. The van der Waals surface area contributed by atoms with E-state index < -0.39 is 5.60 Å². The summed E-state index contributed by atoms with van der Waals surface area (Å²) in [7, 11) is 0. The van der Waals surface area contributed by atoms with E-state index in [1.165, 1.54) is 48.8 Å². The second-order valence-corrected chi connectivity index (χ2v) is 6.42. The van der Waals surface area contributed by atoms with E-state index in [0.29, 0.717) is 6.04 Å². The maximum Gasteiger partial charge on any atom is 0.0771 e. The minimum atomic E-state index is -0.453. The molecule has 1 unspecified atom stereocenters. The zero-order valence-electron chi connectivity index (χ0n) is 11.9. The van der Waals surface area contributed by atoms with Gasteiger partial charge in [0.15, 0.2) is 0 Å². The lowest BCUT2D eigenvalue weighted by atomic mass is 9.99. The van der Waals surface area contributed by atoms with Crippen LogP contribution in [0.4, 0.5) is 0 Å². The second-order valence-electron chi connectivity index (χ2n) is 6.42. The van der Waals surface area contributed by atoms with Crippen molar-refractivity contribution in [3.63, 3.8) is 0 Å². The van der Waals surface area contributed by atoms with Gasteiger partial charge in [-0.3, -0.25) is 0 Å². The summed E-state index contributed by atoms with van der Waals surface area (Å²) >= 11 is 0. The number of hydrogen-bond donors (Lipinski definition) is 2. The van der Waals surface area contributed by atoms with Crippen molar-refractivity contribution in [1.82, 2.24) is 5.32 Å². The molecule has 0 radical (unpaired) electrons. The van der Waals surface area contributed by atoms with E-state index in [0.717, 1.165) is 19.4 Å². The summed E-state index contributed by atoms with van der Waals surface area (Å²) in [4.78, 5) is 0. The van der Waals surface area contributed by atoms with E-state index in [1.807, 2.05) is 0 Å². The highest BCUT2D eigenvalue weighted by Gasteiger charge is 2.31. The standard InChI is InChI=1S/C17H25NO/c1-13(18-12-17(19)9-2-3-10-17)15-8-7-14-5-4-6-16(14)11-15/h7-8,11,13,18-19H,2-6,9-10,12H2,1H3. The van der Waals surface area contributed by atoms with E-state index in [-0.39, 0.29) is 0 Å². The molecule has 1 atom stereocenters. The smallest absolute Gasteiger partial charge is 0.0771 e. The molecule has 19 heavy (non-hydrogen) atoms. The van der Waals surface area contributed by atoms with Crippen molar-refractivity contribution in [1.29, 1.82) is 0 Å². The highest BCUT2D eigenvalue weighted by atomic mass is 16.3. The van der Waals surface area contributed by atoms with Crippen molar-refractivity contribution in [3.05, 3.63) is 34.9 Å². The largest absolute Gasteiger partial charge is 0.389 e. The molecule has 104 valence electrons. The molecular formula is C17H25NO. The Morgan fingerprint density at radius 2 is 1.89 bits per heavy atom. The van der Waals surface area contributed by atoms with Crippen LogP contribution in [0.25, 0.3) is 0 Å². The topological polar surface area (TPSA) is 32.3 Å². The average molecular weight is 259 g/mol. The van der Waals surface area contributed by atoms with Crippen LogP contribution < -0.4 is 5.32 Å². The number of benzene rings is 1. The van der Waals surface area contributed by atoms with Crippen LogP contribution >= 0.6 is 0 Å². The Labute approximate surface area is 116 Å². The van der Waals surface area contributed by atoms with Gasteiger partial charge in [0.05, 0.1) is 5.60 Å². The number of rotatable bonds is 4. The molecule has 1 aromatic rings.